The van der Waals surface area contributed by atoms with Crippen LogP contribution in [0.3, 0.4) is 0 Å². The van der Waals surface area contributed by atoms with Crippen molar-refractivity contribution in [3.8, 4) is 0 Å². The molecule has 0 aromatic rings. The van der Waals surface area contributed by atoms with Crippen LogP contribution in [0, 0.1) is 0 Å². The quantitative estimate of drug-likeness (QED) is 0.291. The van der Waals surface area contributed by atoms with Gasteiger partial charge in [0.25, 0.3) is 0 Å². The van der Waals surface area contributed by atoms with Crippen molar-refractivity contribution in [1.82, 2.24) is 0 Å². The zero-order valence-corrected chi connectivity index (χ0v) is 14.7. The minimum absolute atomic E-state index is 1.17. The molecule has 0 aromatic carbocycles. The zero-order chi connectivity index (χ0) is 13.5. The standard InChI is InChI=1S/C15H30S3/c1-3-5-7-9-11-13-17-15(16)18-14-12-10-8-6-4-2/h3-14H2,1-2H3. The summed E-state index contributed by atoms with van der Waals surface area (Å²) in [7, 11) is 0. The van der Waals surface area contributed by atoms with Gasteiger partial charge in [-0.3, -0.25) is 0 Å². The maximum absolute atomic E-state index is 5.38. The average Bonchev–Trinajstić information content (AvgIpc) is 2.38. The summed E-state index contributed by atoms with van der Waals surface area (Å²) >= 11 is 9.18. The Morgan fingerprint density at radius 3 is 1.44 bits per heavy atom. The Morgan fingerprint density at radius 2 is 1.06 bits per heavy atom. The first-order valence-corrected chi connectivity index (χ1v) is 9.98. The van der Waals surface area contributed by atoms with E-state index in [1.807, 2.05) is 23.5 Å². The predicted molar refractivity (Wildman–Crippen MR) is 95.0 cm³/mol. The van der Waals surface area contributed by atoms with Crippen LogP contribution in [0.25, 0.3) is 0 Å². The number of rotatable bonds is 12. The molecule has 3 heteroatoms. The highest BCUT2D eigenvalue weighted by molar-refractivity contribution is 8.47. The minimum atomic E-state index is 1.17. The van der Waals surface area contributed by atoms with Crippen LogP contribution in [0.4, 0.5) is 0 Å². The van der Waals surface area contributed by atoms with E-state index in [0.717, 1.165) is 0 Å². The van der Waals surface area contributed by atoms with Gasteiger partial charge in [0.05, 0.1) is 0 Å². The van der Waals surface area contributed by atoms with Gasteiger partial charge in [-0.2, -0.15) is 0 Å². The Kier molecular flexibility index (Phi) is 16.5. The van der Waals surface area contributed by atoms with Crippen LogP contribution in [0.5, 0.6) is 0 Å². The van der Waals surface area contributed by atoms with Crippen molar-refractivity contribution in [2.24, 2.45) is 0 Å². The zero-order valence-electron chi connectivity index (χ0n) is 12.2. The molecule has 0 saturated carbocycles. The molecule has 0 bridgehead atoms. The fourth-order valence-corrected chi connectivity index (χ4v) is 4.13. The lowest BCUT2D eigenvalue weighted by molar-refractivity contribution is 0.659. The Hall–Kier alpha value is 0.790. The molecule has 0 spiro atoms. The molecular weight excluding hydrogens is 276 g/mol. The van der Waals surface area contributed by atoms with E-state index in [9.17, 15) is 0 Å². The summed E-state index contributed by atoms with van der Waals surface area (Å²) in [6, 6.07) is 0. The molecule has 18 heavy (non-hydrogen) atoms. The molecule has 108 valence electrons. The first kappa shape index (κ1) is 18.8. The van der Waals surface area contributed by atoms with Crippen LogP contribution in [0.2, 0.25) is 0 Å². The van der Waals surface area contributed by atoms with Gasteiger partial charge >= 0.3 is 0 Å². The molecule has 0 aromatic heterocycles. The van der Waals surface area contributed by atoms with Crippen molar-refractivity contribution in [3.05, 3.63) is 0 Å². The SMILES string of the molecule is CCCCCCCSC(=S)SCCCCCCC. The van der Waals surface area contributed by atoms with E-state index in [1.54, 1.807) is 0 Å². The van der Waals surface area contributed by atoms with Gasteiger partial charge in [-0.1, -0.05) is 77.4 Å². The molecule has 0 N–H and O–H groups in total. The monoisotopic (exact) mass is 306 g/mol. The molecule has 0 rings (SSSR count). The molecular formula is C15H30S3. The van der Waals surface area contributed by atoms with E-state index in [0.29, 0.717) is 0 Å². The molecule has 0 amide bonds. The van der Waals surface area contributed by atoms with Gasteiger partial charge in [-0.25, -0.2) is 0 Å². The van der Waals surface area contributed by atoms with Gasteiger partial charge in [0.2, 0.25) is 0 Å². The van der Waals surface area contributed by atoms with Crippen LogP contribution in [0.15, 0.2) is 0 Å². The molecule has 0 heterocycles. The maximum Gasteiger partial charge on any atom is 0.104 e. The topological polar surface area (TPSA) is 0 Å². The second-order valence-electron chi connectivity index (χ2n) is 4.78. The Balaban J connectivity index is 3.12. The first-order chi connectivity index (χ1) is 8.81. The normalized spacial score (nSPS) is 10.8. The van der Waals surface area contributed by atoms with E-state index >= 15 is 0 Å². The highest BCUT2D eigenvalue weighted by Gasteiger charge is 1.99. The predicted octanol–water partition coefficient (Wildman–Crippen LogP) is 6.68. The van der Waals surface area contributed by atoms with Gasteiger partial charge in [0.15, 0.2) is 0 Å². The van der Waals surface area contributed by atoms with Crippen molar-refractivity contribution in [2.75, 3.05) is 11.5 Å². The number of thioether (sulfide) groups is 2. The van der Waals surface area contributed by atoms with Crippen molar-refractivity contribution >= 4 is 39.3 Å². The van der Waals surface area contributed by atoms with Crippen LogP contribution in [0.1, 0.15) is 78.1 Å². The van der Waals surface area contributed by atoms with Crippen LogP contribution < -0.4 is 0 Å². The van der Waals surface area contributed by atoms with Crippen molar-refractivity contribution < 1.29 is 0 Å². The third-order valence-electron chi connectivity index (χ3n) is 2.94. The minimum Gasteiger partial charge on any atom is -0.108 e. The number of hydrogen-bond acceptors (Lipinski definition) is 3. The lowest BCUT2D eigenvalue weighted by atomic mass is 10.2. The van der Waals surface area contributed by atoms with Gasteiger partial charge in [-0.05, 0) is 24.3 Å². The fourth-order valence-electron chi connectivity index (χ4n) is 1.76. The van der Waals surface area contributed by atoms with Gasteiger partial charge in [0, 0.05) is 0 Å². The van der Waals surface area contributed by atoms with E-state index in [-0.39, 0.29) is 0 Å². The second kappa shape index (κ2) is 15.8. The summed E-state index contributed by atoms with van der Waals surface area (Å²) < 4.78 is 1.17. The number of thiocarbonyl (C=S) groups is 1. The summed E-state index contributed by atoms with van der Waals surface area (Å²) in [4.78, 5) is 0. The van der Waals surface area contributed by atoms with Gasteiger partial charge < -0.3 is 0 Å². The molecule has 0 unspecified atom stereocenters. The maximum atomic E-state index is 5.38. The highest BCUT2D eigenvalue weighted by Crippen LogP contribution is 2.20. The first-order valence-electron chi connectivity index (χ1n) is 7.60. The van der Waals surface area contributed by atoms with Crippen LogP contribution in [-0.2, 0) is 0 Å². The summed E-state index contributed by atoms with van der Waals surface area (Å²) in [5.74, 6) is 2.46. The van der Waals surface area contributed by atoms with Crippen LogP contribution >= 0.6 is 35.7 Å². The average molecular weight is 307 g/mol. The van der Waals surface area contributed by atoms with Crippen molar-refractivity contribution in [3.63, 3.8) is 0 Å². The number of hydrogen-bond donors (Lipinski definition) is 0. The molecule has 0 aliphatic heterocycles. The third-order valence-corrected chi connectivity index (χ3v) is 5.81. The van der Waals surface area contributed by atoms with E-state index in [4.69, 9.17) is 12.2 Å². The van der Waals surface area contributed by atoms with E-state index in [2.05, 4.69) is 13.8 Å². The highest BCUT2D eigenvalue weighted by atomic mass is 32.2. The molecule has 0 saturated heterocycles. The van der Waals surface area contributed by atoms with Crippen LogP contribution in [-0.4, -0.2) is 15.0 Å². The number of unbranched alkanes of at least 4 members (excludes halogenated alkanes) is 8. The van der Waals surface area contributed by atoms with Crippen molar-refractivity contribution in [1.29, 1.82) is 0 Å². The molecule has 0 atom stereocenters. The smallest absolute Gasteiger partial charge is 0.104 e. The molecule has 0 nitrogen and oxygen atoms in total. The molecule has 0 aliphatic carbocycles. The Morgan fingerprint density at radius 1 is 0.667 bits per heavy atom. The van der Waals surface area contributed by atoms with Gasteiger partial charge in [0.1, 0.15) is 3.53 Å². The van der Waals surface area contributed by atoms with Crippen molar-refractivity contribution in [2.45, 2.75) is 78.1 Å². The molecule has 0 aliphatic rings. The Bertz CT molecular complexity index is 163. The Labute approximate surface area is 128 Å². The second-order valence-corrected chi connectivity index (χ2v) is 8.17. The summed E-state index contributed by atoms with van der Waals surface area (Å²) in [6.07, 6.45) is 13.7. The lowest BCUT2D eigenvalue weighted by Gasteiger charge is -2.04. The van der Waals surface area contributed by atoms with E-state index in [1.165, 1.54) is 79.2 Å². The third kappa shape index (κ3) is 14.8. The molecule has 0 fully saturated rings. The fraction of sp³-hybridized carbons (Fsp3) is 0.933. The van der Waals surface area contributed by atoms with Gasteiger partial charge in [-0.15, -0.1) is 23.5 Å². The summed E-state index contributed by atoms with van der Waals surface area (Å²) in [6.45, 7) is 4.53. The summed E-state index contributed by atoms with van der Waals surface area (Å²) in [5.41, 5.74) is 0. The lowest BCUT2D eigenvalue weighted by Crippen LogP contribution is -1.89. The summed E-state index contributed by atoms with van der Waals surface area (Å²) in [5, 5.41) is 0. The van der Waals surface area contributed by atoms with E-state index < -0.39 is 0 Å². The molecule has 0 radical (unpaired) electrons. The largest absolute Gasteiger partial charge is 0.108 e.